The predicted molar refractivity (Wildman–Crippen MR) is 218 cm³/mol. The van der Waals surface area contributed by atoms with E-state index >= 15 is 4.79 Å². The van der Waals surface area contributed by atoms with E-state index < -0.39 is 113 Å². The summed E-state index contributed by atoms with van der Waals surface area (Å²) in [6, 6.07) is 22.9. The van der Waals surface area contributed by atoms with Crippen LogP contribution in [0.15, 0.2) is 102 Å². The van der Waals surface area contributed by atoms with Crippen molar-refractivity contribution >= 4 is 35.6 Å². The molecule has 1 saturated heterocycles. The second-order valence-electron chi connectivity index (χ2n) is 17.4. The average Bonchev–Trinajstić information content (AvgIpc) is 3.24. The molecule has 4 aliphatic rings. The number of fused-ring (bicyclic) bond motifs is 5. The summed E-state index contributed by atoms with van der Waals surface area (Å²) < 4.78 is 30.3. The number of ketones is 1. The van der Waals surface area contributed by atoms with Gasteiger partial charge in [0.1, 0.15) is 23.9 Å². The lowest BCUT2D eigenvalue weighted by Gasteiger charge is -2.67. The Hall–Kier alpha value is -5.74. The highest BCUT2D eigenvalue weighted by Gasteiger charge is 2.78. The maximum absolute atomic E-state index is 15.5. The fourth-order valence-corrected chi connectivity index (χ4v) is 10.2. The van der Waals surface area contributed by atoms with E-state index in [1.807, 2.05) is 0 Å². The van der Waals surface area contributed by atoms with Crippen molar-refractivity contribution in [2.75, 3.05) is 6.61 Å². The highest BCUT2D eigenvalue weighted by molar-refractivity contribution is 5.96. The molecule has 0 spiro atoms. The SMILES string of the molecule is CC(=O)O[C@H]1C(=O)[C@@]2(C)[C@H]([C@H](OC(=O)c3ccccc3)[C@]3(O)C[C@H](OC(=O)[C@H](O)[C@@H](NC(=O)[13c]4[13cH][13cH][13cH][13cH][13cH]4)c4ccccc4)C(C)=C1C3(C)C)[C@]1(OC(C)=O)CO[C@@H]1C[C@@H]2O. The maximum atomic E-state index is 15.5. The number of aliphatic hydroxyl groups is 3. The van der Waals surface area contributed by atoms with Gasteiger partial charge in [-0.05, 0) is 54.8 Å². The number of esters is 4. The van der Waals surface area contributed by atoms with E-state index in [4.69, 9.17) is 23.7 Å². The Morgan fingerprint density at radius 1 is 0.823 bits per heavy atom. The Morgan fingerprint density at radius 3 is 1.95 bits per heavy atom. The number of ether oxygens (including phenoxy) is 5. The van der Waals surface area contributed by atoms with Gasteiger partial charge in [0.15, 0.2) is 23.6 Å². The van der Waals surface area contributed by atoms with Crippen molar-refractivity contribution in [1.82, 2.24) is 5.32 Å². The zero-order valence-corrected chi connectivity index (χ0v) is 35.2. The fraction of sp³-hybridized carbons (Fsp3) is 0.447. The smallest absolute Gasteiger partial charge is 0.338 e. The van der Waals surface area contributed by atoms with Crippen molar-refractivity contribution in [3.8, 4) is 0 Å². The van der Waals surface area contributed by atoms with Gasteiger partial charge in [0.25, 0.3) is 5.91 Å². The third-order valence-corrected chi connectivity index (χ3v) is 13.5. The Morgan fingerprint density at radius 2 is 1.40 bits per heavy atom. The van der Waals surface area contributed by atoms with E-state index in [0.717, 1.165) is 13.8 Å². The lowest BCUT2D eigenvalue weighted by atomic mass is 9.44. The van der Waals surface area contributed by atoms with Crippen LogP contribution in [0.5, 0.6) is 0 Å². The van der Waals surface area contributed by atoms with Gasteiger partial charge >= 0.3 is 23.9 Å². The van der Waals surface area contributed by atoms with Crippen LogP contribution in [0, 0.1) is 16.7 Å². The molecule has 1 aliphatic heterocycles. The summed E-state index contributed by atoms with van der Waals surface area (Å²) in [5.74, 6) is -6.84. The van der Waals surface area contributed by atoms with Gasteiger partial charge in [0.05, 0.1) is 35.6 Å². The second-order valence-corrected chi connectivity index (χ2v) is 17.4. The lowest BCUT2D eigenvalue weighted by Crippen LogP contribution is -2.82. The minimum absolute atomic E-state index is 0.00289. The van der Waals surface area contributed by atoms with Crippen LogP contribution in [-0.4, -0.2) is 105 Å². The van der Waals surface area contributed by atoms with E-state index in [1.54, 1.807) is 92.7 Å². The third kappa shape index (κ3) is 7.29. The molecule has 62 heavy (non-hydrogen) atoms. The largest absolute Gasteiger partial charge is 0.456 e. The van der Waals surface area contributed by atoms with Crippen LogP contribution in [-0.2, 0) is 42.9 Å². The fourth-order valence-electron chi connectivity index (χ4n) is 10.2. The molecule has 2 saturated carbocycles. The summed E-state index contributed by atoms with van der Waals surface area (Å²) >= 11 is 0. The van der Waals surface area contributed by atoms with Crippen LogP contribution < -0.4 is 5.32 Å². The second kappa shape index (κ2) is 16.5. The first-order valence-electron chi connectivity index (χ1n) is 20.5. The Bertz CT molecular complexity index is 2280. The van der Waals surface area contributed by atoms with Gasteiger partial charge in [-0.2, -0.15) is 0 Å². The number of benzene rings is 3. The van der Waals surface area contributed by atoms with Gasteiger partial charge in [-0.3, -0.25) is 19.2 Å². The number of hydrogen-bond donors (Lipinski definition) is 4. The van der Waals surface area contributed by atoms with E-state index in [2.05, 4.69) is 5.32 Å². The standard InChI is InChI=1S/C47H51NO14/c1-25-31(60-43(56)36(52)35(28-16-10-7-11-17-28)48-41(54)29-18-12-8-13-19-29)23-47(57)40(61-42(55)30-20-14-9-15-21-30)38-45(6,32(51)22-33-46(38,24-58-33)62-27(3)50)39(53)37(59-26(2)49)34(25)44(47,4)5/h7-21,31-33,35-38,40,51-52,57H,22-24H2,1-6H3,(H,48,54)/t31-,32-,33+,35-,36+,37+,38-,40-,45+,46-,47+/m0/s1/i8+1,12+1,13+1,18+1,19+1,29+1. The normalized spacial score (nSPS) is 31.9. The number of carbonyl (C=O) groups is 6. The number of hydrogen-bond acceptors (Lipinski definition) is 14. The van der Waals surface area contributed by atoms with Crippen molar-refractivity contribution in [3.05, 3.63) is 119 Å². The number of amides is 1. The number of nitrogens with one attached hydrogen (secondary N) is 1. The van der Waals surface area contributed by atoms with Crippen molar-refractivity contribution in [3.63, 3.8) is 0 Å². The molecule has 3 aliphatic carbocycles. The molecule has 1 amide bonds. The number of carbonyl (C=O) groups excluding carboxylic acids is 6. The first-order valence-corrected chi connectivity index (χ1v) is 20.5. The van der Waals surface area contributed by atoms with E-state index in [-0.39, 0.29) is 35.3 Å². The summed E-state index contributed by atoms with van der Waals surface area (Å²) in [5.41, 5.74) is -7.02. The average molecular weight is 860 g/mol. The topological polar surface area (TPSA) is 221 Å². The maximum Gasteiger partial charge on any atom is 0.338 e. The number of aliphatic hydroxyl groups excluding tert-OH is 2. The molecule has 2 bridgehead atoms. The van der Waals surface area contributed by atoms with Crippen molar-refractivity contribution < 1.29 is 67.8 Å². The molecule has 3 fully saturated rings. The zero-order valence-electron chi connectivity index (χ0n) is 35.2. The Kier molecular flexibility index (Phi) is 11.8. The van der Waals surface area contributed by atoms with Crippen molar-refractivity contribution in [2.24, 2.45) is 16.7 Å². The van der Waals surface area contributed by atoms with Gasteiger partial charge in [0, 0.05) is 37.7 Å². The van der Waals surface area contributed by atoms with Crippen LogP contribution in [0.3, 0.4) is 0 Å². The summed E-state index contributed by atoms with van der Waals surface area (Å²) in [7, 11) is 0. The quantitative estimate of drug-likeness (QED) is 0.130. The van der Waals surface area contributed by atoms with Gasteiger partial charge in [-0.25, -0.2) is 9.59 Å². The molecule has 0 aromatic heterocycles. The molecule has 1 heterocycles. The minimum atomic E-state index is -2.39. The summed E-state index contributed by atoms with van der Waals surface area (Å²) in [5, 5.41) is 40.2. The molecule has 15 heteroatoms. The van der Waals surface area contributed by atoms with Crippen LogP contribution in [0.1, 0.15) is 86.7 Å². The van der Waals surface area contributed by atoms with Crippen LogP contribution in [0.4, 0.5) is 0 Å². The van der Waals surface area contributed by atoms with Gasteiger partial charge in [0.2, 0.25) is 0 Å². The highest BCUT2D eigenvalue weighted by Crippen LogP contribution is 2.64. The third-order valence-electron chi connectivity index (χ3n) is 13.5. The minimum Gasteiger partial charge on any atom is -0.456 e. The van der Waals surface area contributed by atoms with Crippen molar-refractivity contribution in [1.29, 1.82) is 0 Å². The molecular formula is C47H51NO14. The molecule has 0 unspecified atom stereocenters. The molecule has 0 radical (unpaired) electrons. The Labute approximate surface area is 358 Å². The first kappa shape index (κ1) is 44.3. The molecule has 3 aromatic rings. The van der Waals surface area contributed by atoms with Crippen LogP contribution in [0.2, 0.25) is 0 Å². The number of rotatable bonds is 10. The molecular weight excluding hydrogens is 808 g/mol. The van der Waals surface area contributed by atoms with Gasteiger partial charge in [-0.15, -0.1) is 0 Å². The lowest BCUT2D eigenvalue weighted by molar-refractivity contribution is -0.346. The van der Waals surface area contributed by atoms with Crippen molar-refractivity contribution in [2.45, 2.75) is 108 Å². The molecule has 328 valence electrons. The monoisotopic (exact) mass is 859 g/mol. The molecule has 7 rings (SSSR count). The van der Waals surface area contributed by atoms with Gasteiger partial charge < -0.3 is 44.3 Å². The van der Waals surface area contributed by atoms with Crippen LogP contribution in [0.25, 0.3) is 0 Å². The van der Waals surface area contributed by atoms with Gasteiger partial charge in [-0.1, -0.05) is 80.6 Å². The summed E-state index contributed by atoms with van der Waals surface area (Å²) in [6.45, 7) is 7.97. The highest BCUT2D eigenvalue weighted by atomic mass is 16.6. The predicted octanol–water partition coefficient (Wildman–Crippen LogP) is 3.74. The van der Waals surface area contributed by atoms with E-state index in [9.17, 15) is 39.3 Å². The molecule has 11 atom stereocenters. The number of Topliss-reactive ketones (excluding diaryl/α,β-unsaturated/α-hetero) is 1. The van der Waals surface area contributed by atoms with E-state index in [0.29, 0.717) is 5.56 Å². The molecule has 3 aromatic carbocycles. The Balaban J connectivity index is 1.39. The molecule has 4 N–H and O–H groups in total. The van der Waals surface area contributed by atoms with Crippen LogP contribution >= 0.6 is 0 Å². The first-order chi connectivity index (χ1) is 29.3. The summed E-state index contributed by atoms with van der Waals surface area (Å²) in [6.07, 6.45) is -10.5. The zero-order chi connectivity index (χ0) is 44.9. The van der Waals surface area contributed by atoms with E-state index in [1.165, 1.54) is 26.0 Å². The molecule has 15 nitrogen and oxygen atoms in total. The summed E-state index contributed by atoms with van der Waals surface area (Å²) in [4.78, 5) is 83.5.